The van der Waals surface area contributed by atoms with E-state index in [0.29, 0.717) is 0 Å². The predicted molar refractivity (Wildman–Crippen MR) is 129 cm³/mol. The Kier molecular flexibility index (Phi) is 20.3. The molecule has 0 atom stereocenters. The minimum atomic E-state index is 1.24. The summed E-state index contributed by atoms with van der Waals surface area (Å²) in [7, 11) is 0. The molecule has 0 unspecified atom stereocenters. The van der Waals surface area contributed by atoms with Gasteiger partial charge < -0.3 is 0 Å². The van der Waals surface area contributed by atoms with Crippen LogP contribution in [0.5, 0.6) is 0 Å². The molecule has 0 nitrogen and oxygen atoms in total. The summed E-state index contributed by atoms with van der Waals surface area (Å²) in [6.07, 6.45) is 45.0. The average molecular weight is 387 g/mol. The summed E-state index contributed by atoms with van der Waals surface area (Å²) in [5, 5.41) is 0. The van der Waals surface area contributed by atoms with Gasteiger partial charge >= 0.3 is 0 Å². The first kappa shape index (κ1) is 25.3. The van der Waals surface area contributed by atoms with Crippen LogP contribution in [-0.2, 0) is 0 Å². The average Bonchev–Trinajstić information content (AvgIpc) is 2.71. The van der Waals surface area contributed by atoms with Crippen LogP contribution in [0.4, 0.5) is 0 Å². The standard InChI is InChI=1S/C28H50/c1-2-4-6-8-10-12-14-16-18-20-22-24-26-28-27-25-23-21-19-17-15-13-11-9-7-5-3-1/h1-6H,7-28H2/b2-1-,5-3?,6-4?. The molecule has 0 saturated heterocycles. The second kappa shape index (κ2) is 22.5. The van der Waals surface area contributed by atoms with E-state index in [1.807, 2.05) is 0 Å². The van der Waals surface area contributed by atoms with Crippen LogP contribution in [0.3, 0.4) is 0 Å². The van der Waals surface area contributed by atoms with Crippen LogP contribution in [0.15, 0.2) is 36.5 Å². The van der Waals surface area contributed by atoms with Gasteiger partial charge in [-0.05, 0) is 25.7 Å². The van der Waals surface area contributed by atoms with Crippen LogP contribution in [0.1, 0.15) is 141 Å². The van der Waals surface area contributed by atoms with Crippen molar-refractivity contribution in [2.75, 3.05) is 0 Å². The molecule has 0 aromatic heterocycles. The summed E-state index contributed by atoms with van der Waals surface area (Å²) in [5.74, 6) is 0. The van der Waals surface area contributed by atoms with E-state index in [4.69, 9.17) is 0 Å². The lowest BCUT2D eigenvalue weighted by Gasteiger charge is -2.04. The number of allylic oxidation sites excluding steroid dienone is 6. The van der Waals surface area contributed by atoms with E-state index in [9.17, 15) is 0 Å². The molecule has 0 radical (unpaired) electrons. The van der Waals surface area contributed by atoms with Crippen molar-refractivity contribution in [3.05, 3.63) is 36.5 Å². The summed E-state index contributed by atoms with van der Waals surface area (Å²) < 4.78 is 0. The lowest BCUT2D eigenvalue weighted by molar-refractivity contribution is 0.521. The third-order valence-corrected chi connectivity index (χ3v) is 6.10. The predicted octanol–water partition coefficient (Wildman–Crippen LogP) is 10.3. The molecule has 0 saturated carbocycles. The van der Waals surface area contributed by atoms with Gasteiger partial charge in [-0.15, -0.1) is 0 Å². The van der Waals surface area contributed by atoms with Gasteiger partial charge in [-0.3, -0.25) is 0 Å². The van der Waals surface area contributed by atoms with Crippen molar-refractivity contribution in [2.45, 2.75) is 141 Å². The van der Waals surface area contributed by atoms with E-state index >= 15 is 0 Å². The van der Waals surface area contributed by atoms with E-state index in [-0.39, 0.29) is 0 Å². The smallest absolute Gasteiger partial charge is 0.0348 e. The van der Waals surface area contributed by atoms with Crippen LogP contribution >= 0.6 is 0 Å². The molecule has 0 N–H and O–H groups in total. The van der Waals surface area contributed by atoms with Gasteiger partial charge in [0.05, 0.1) is 0 Å². The van der Waals surface area contributed by atoms with Gasteiger partial charge in [-0.2, -0.15) is 0 Å². The van der Waals surface area contributed by atoms with Gasteiger partial charge in [-0.1, -0.05) is 152 Å². The molecule has 1 aliphatic rings. The molecule has 0 aromatic carbocycles. The van der Waals surface area contributed by atoms with Crippen LogP contribution in [0.2, 0.25) is 0 Å². The highest BCUT2D eigenvalue weighted by molar-refractivity contribution is 5.10. The Labute approximate surface area is 178 Å². The van der Waals surface area contributed by atoms with Crippen LogP contribution in [-0.4, -0.2) is 0 Å². The number of hydrogen-bond donors (Lipinski definition) is 0. The van der Waals surface area contributed by atoms with Gasteiger partial charge in [0.15, 0.2) is 0 Å². The summed E-state index contributed by atoms with van der Waals surface area (Å²) in [6, 6.07) is 0. The highest BCUT2D eigenvalue weighted by atomic mass is 14.0. The lowest BCUT2D eigenvalue weighted by atomic mass is 10.0. The maximum absolute atomic E-state index is 2.33. The Morgan fingerprint density at radius 3 is 0.679 bits per heavy atom. The molecule has 0 heteroatoms. The highest BCUT2D eigenvalue weighted by Crippen LogP contribution is 2.15. The van der Waals surface area contributed by atoms with Crippen molar-refractivity contribution >= 4 is 0 Å². The van der Waals surface area contributed by atoms with Crippen LogP contribution < -0.4 is 0 Å². The van der Waals surface area contributed by atoms with E-state index in [1.54, 1.807) is 0 Å². The molecule has 0 aromatic rings. The van der Waals surface area contributed by atoms with E-state index in [1.165, 1.54) is 141 Å². The Hall–Kier alpha value is -0.780. The van der Waals surface area contributed by atoms with Crippen LogP contribution in [0, 0.1) is 0 Å². The van der Waals surface area contributed by atoms with Gasteiger partial charge in [0, 0.05) is 0 Å². The Balaban J connectivity index is 2.12. The lowest BCUT2D eigenvalue weighted by Crippen LogP contribution is -1.84. The second-order valence-corrected chi connectivity index (χ2v) is 8.89. The fraction of sp³-hybridized carbons (Fsp3) is 0.786. The fourth-order valence-electron chi connectivity index (χ4n) is 4.18. The minimum Gasteiger partial charge on any atom is -0.0845 e. The zero-order valence-corrected chi connectivity index (χ0v) is 19.0. The second-order valence-electron chi connectivity index (χ2n) is 8.89. The molecule has 0 spiro atoms. The topological polar surface area (TPSA) is 0 Å². The zero-order valence-electron chi connectivity index (χ0n) is 19.0. The minimum absolute atomic E-state index is 1.24. The van der Waals surface area contributed by atoms with Crippen molar-refractivity contribution in [3.8, 4) is 0 Å². The molecule has 1 rings (SSSR count). The molecular formula is C28H50. The third kappa shape index (κ3) is 20.0. The maximum atomic E-state index is 2.33. The quantitative estimate of drug-likeness (QED) is 0.388. The molecule has 0 fully saturated rings. The summed E-state index contributed by atoms with van der Waals surface area (Å²) >= 11 is 0. The highest BCUT2D eigenvalue weighted by Gasteiger charge is 1.95. The van der Waals surface area contributed by atoms with Gasteiger partial charge in [-0.25, -0.2) is 0 Å². The van der Waals surface area contributed by atoms with Gasteiger partial charge in [0.25, 0.3) is 0 Å². The molecular weight excluding hydrogens is 336 g/mol. The largest absolute Gasteiger partial charge is 0.0845 e. The molecule has 28 heavy (non-hydrogen) atoms. The van der Waals surface area contributed by atoms with Crippen molar-refractivity contribution in [1.29, 1.82) is 0 Å². The van der Waals surface area contributed by atoms with E-state index < -0.39 is 0 Å². The Bertz CT molecular complexity index is 337. The maximum Gasteiger partial charge on any atom is -0.0348 e. The molecule has 1 aliphatic carbocycles. The van der Waals surface area contributed by atoms with Gasteiger partial charge in [0.2, 0.25) is 0 Å². The third-order valence-electron chi connectivity index (χ3n) is 6.10. The number of hydrogen-bond acceptors (Lipinski definition) is 0. The first-order valence-corrected chi connectivity index (χ1v) is 13.0. The van der Waals surface area contributed by atoms with Crippen molar-refractivity contribution in [3.63, 3.8) is 0 Å². The van der Waals surface area contributed by atoms with E-state index in [2.05, 4.69) is 36.5 Å². The van der Waals surface area contributed by atoms with E-state index in [0.717, 1.165) is 0 Å². The molecule has 0 heterocycles. The molecule has 0 bridgehead atoms. The van der Waals surface area contributed by atoms with Crippen molar-refractivity contribution in [2.24, 2.45) is 0 Å². The summed E-state index contributed by atoms with van der Waals surface area (Å²) in [4.78, 5) is 0. The van der Waals surface area contributed by atoms with Crippen molar-refractivity contribution < 1.29 is 0 Å². The molecule has 0 aliphatic heterocycles. The Morgan fingerprint density at radius 2 is 0.429 bits per heavy atom. The molecule has 0 amide bonds. The number of rotatable bonds is 0. The zero-order chi connectivity index (χ0) is 19.8. The van der Waals surface area contributed by atoms with Gasteiger partial charge in [0.1, 0.15) is 0 Å². The van der Waals surface area contributed by atoms with Crippen molar-refractivity contribution in [1.82, 2.24) is 0 Å². The molecule has 162 valence electrons. The Morgan fingerprint density at radius 1 is 0.214 bits per heavy atom. The normalized spacial score (nSPS) is 23.4. The fourth-order valence-corrected chi connectivity index (χ4v) is 4.18. The first-order valence-electron chi connectivity index (χ1n) is 13.0. The van der Waals surface area contributed by atoms with Crippen LogP contribution in [0.25, 0.3) is 0 Å². The monoisotopic (exact) mass is 386 g/mol. The summed E-state index contributed by atoms with van der Waals surface area (Å²) in [6.45, 7) is 0. The first-order chi connectivity index (χ1) is 14.0. The SMILES string of the molecule is C1=CCCCCCCCCCCCCCCCCCCCCCCC=C/C=C\1. The summed E-state index contributed by atoms with van der Waals surface area (Å²) in [5.41, 5.74) is 0.